The number of hydrogen-bond donors (Lipinski definition) is 1. The highest BCUT2D eigenvalue weighted by molar-refractivity contribution is 7.89. The van der Waals surface area contributed by atoms with Gasteiger partial charge in [0.1, 0.15) is 0 Å². The van der Waals surface area contributed by atoms with Crippen LogP contribution < -0.4 is 5.32 Å². The van der Waals surface area contributed by atoms with Crippen LogP contribution >= 0.6 is 22.9 Å². The van der Waals surface area contributed by atoms with Crippen LogP contribution in [0.15, 0.2) is 53.4 Å². The lowest BCUT2D eigenvalue weighted by Crippen LogP contribution is -2.50. The first-order valence-corrected chi connectivity index (χ1v) is 13.5. The Bertz CT molecular complexity index is 1320. The van der Waals surface area contributed by atoms with Crippen molar-refractivity contribution in [2.45, 2.75) is 17.9 Å². The van der Waals surface area contributed by atoms with Gasteiger partial charge in [0, 0.05) is 60.1 Å². The molecule has 2 aromatic carbocycles. The summed E-state index contributed by atoms with van der Waals surface area (Å²) in [5.41, 5.74) is 1.31. The molecule has 3 heterocycles. The molecule has 6 nitrogen and oxygen atoms in total. The number of thiophene rings is 1. The second-order valence-corrected chi connectivity index (χ2v) is 11.8. The van der Waals surface area contributed by atoms with Crippen LogP contribution in [0.1, 0.15) is 15.3 Å². The number of carbonyl (C=O) groups is 1. The Hall–Kier alpha value is -2.23. The van der Waals surface area contributed by atoms with Crippen molar-refractivity contribution in [2.75, 3.05) is 32.7 Å². The Morgan fingerprint density at radius 1 is 1.03 bits per heavy atom. The molecule has 5 rings (SSSR count). The maximum absolute atomic E-state index is 13.2. The van der Waals surface area contributed by atoms with Gasteiger partial charge in [0.15, 0.2) is 0 Å². The predicted molar refractivity (Wildman–Crippen MR) is 133 cm³/mol. The fourth-order valence-corrected chi connectivity index (χ4v) is 7.00. The van der Waals surface area contributed by atoms with E-state index in [1.54, 1.807) is 46.6 Å². The molecule has 1 fully saturated rings. The number of carbonyl (C=O) groups excluding carboxylic acids is 1. The van der Waals surface area contributed by atoms with Crippen LogP contribution in [0.25, 0.3) is 16.8 Å². The smallest absolute Gasteiger partial charge is 0.246 e. The minimum atomic E-state index is -3.63. The van der Waals surface area contributed by atoms with E-state index in [0.29, 0.717) is 18.1 Å². The molecule has 1 saturated heterocycles. The van der Waals surface area contributed by atoms with Crippen LogP contribution in [0, 0.1) is 0 Å². The Morgan fingerprint density at radius 2 is 1.79 bits per heavy atom. The van der Waals surface area contributed by atoms with Crippen molar-refractivity contribution in [1.29, 1.82) is 0 Å². The minimum Gasteiger partial charge on any atom is -0.337 e. The first kappa shape index (κ1) is 22.6. The summed E-state index contributed by atoms with van der Waals surface area (Å²) in [7, 11) is -3.63. The van der Waals surface area contributed by atoms with E-state index in [4.69, 9.17) is 11.6 Å². The molecule has 0 spiro atoms. The van der Waals surface area contributed by atoms with Crippen molar-refractivity contribution in [3.05, 3.63) is 68.9 Å². The van der Waals surface area contributed by atoms with Gasteiger partial charge in [-0.25, -0.2) is 8.42 Å². The summed E-state index contributed by atoms with van der Waals surface area (Å²) in [6, 6.07) is 12.6. The highest BCUT2D eigenvalue weighted by Gasteiger charge is 2.29. The van der Waals surface area contributed by atoms with Gasteiger partial charge in [-0.2, -0.15) is 4.31 Å². The summed E-state index contributed by atoms with van der Waals surface area (Å²) < 4.78 is 27.8. The molecule has 0 aliphatic carbocycles. The number of nitrogens with zero attached hydrogens (tertiary/aromatic N) is 2. The molecule has 0 unspecified atom stereocenters. The monoisotopic (exact) mass is 501 g/mol. The number of sulfonamides is 1. The van der Waals surface area contributed by atoms with Gasteiger partial charge in [-0.1, -0.05) is 23.7 Å². The number of piperazine rings is 1. The fraction of sp³-hybridized carbons (Fsp3) is 0.292. The van der Waals surface area contributed by atoms with Gasteiger partial charge >= 0.3 is 0 Å². The summed E-state index contributed by atoms with van der Waals surface area (Å²) in [6.07, 6.45) is 4.50. The molecule has 2 aliphatic rings. The van der Waals surface area contributed by atoms with Gasteiger partial charge in [-0.05, 0) is 59.2 Å². The zero-order valence-corrected chi connectivity index (χ0v) is 20.3. The van der Waals surface area contributed by atoms with Crippen LogP contribution in [0.2, 0.25) is 5.02 Å². The third kappa shape index (κ3) is 4.72. The van der Waals surface area contributed by atoms with Gasteiger partial charge in [0.2, 0.25) is 15.9 Å². The van der Waals surface area contributed by atoms with E-state index in [1.807, 2.05) is 18.2 Å². The van der Waals surface area contributed by atoms with Gasteiger partial charge in [0.05, 0.1) is 4.90 Å². The zero-order chi connectivity index (χ0) is 23.0. The molecule has 9 heteroatoms. The quantitative estimate of drug-likeness (QED) is 0.553. The predicted octanol–water partition coefficient (Wildman–Crippen LogP) is 3.75. The van der Waals surface area contributed by atoms with E-state index in [2.05, 4.69) is 11.4 Å². The largest absolute Gasteiger partial charge is 0.337 e. The van der Waals surface area contributed by atoms with E-state index in [1.165, 1.54) is 14.7 Å². The average molecular weight is 502 g/mol. The van der Waals surface area contributed by atoms with Crippen LogP contribution in [0.4, 0.5) is 0 Å². The molecule has 0 saturated carbocycles. The van der Waals surface area contributed by atoms with Crippen molar-refractivity contribution < 1.29 is 13.2 Å². The van der Waals surface area contributed by atoms with E-state index < -0.39 is 10.0 Å². The number of amides is 1. The first-order chi connectivity index (χ1) is 15.9. The Balaban J connectivity index is 1.23. The standard InChI is InChI=1S/C24H24ClN3O3S2/c25-20-3-1-18-15-22(5-2-17(18)13-20)33(30,31)28-11-9-27(10-12-28)24(29)6-4-21-14-19-16-26-8-7-23(19)32-21/h1-6,13-15,26H,7-12,16H2/b6-4+. The van der Waals surface area contributed by atoms with E-state index >= 15 is 0 Å². The molecule has 0 radical (unpaired) electrons. The molecule has 3 aromatic rings. The van der Waals surface area contributed by atoms with E-state index in [0.717, 1.165) is 35.2 Å². The number of halogens is 1. The first-order valence-electron chi connectivity index (χ1n) is 10.9. The number of rotatable bonds is 4. The number of benzene rings is 2. The molecule has 1 N–H and O–H groups in total. The Morgan fingerprint density at radius 3 is 2.58 bits per heavy atom. The van der Waals surface area contributed by atoms with Crippen LogP contribution in [-0.2, 0) is 27.8 Å². The van der Waals surface area contributed by atoms with Crippen LogP contribution in [0.3, 0.4) is 0 Å². The topological polar surface area (TPSA) is 69.7 Å². The van der Waals surface area contributed by atoms with E-state index in [9.17, 15) is 13.2 Å². The summed E-state index contributed by atoms with van der Waals surface area (Å²) in [5.74, 6) is -0.0841. The third-order valence-electron chi connectivity index (χ3n) is 6.11. The van der Waals surface area contributed by atoms with Crippen LogP contribution in [0.5, 0.6) is 0 Å². The van der Waals surface area contributed by atoms with Gasteiger partial charge in [-0.3, -0.25) is 4.79 Å². The maximum atomic E-state index is 13.2. The van der Waals surface area contributed by atoms with Gasteiger partial charge < -0.3 is 10.2 Å². The third-order valence-corrected chi connectivity index (χ3v) is 9.44. The summed E-state index contributed by atoms with van der Waals surface area (Å²) >= 11 is 7.76. The van der Waals surface area contributed by atoms with Crippen molar-refractivity contribution in [3.63, 3.8) is 0 Å². The molecule has 0 bridgehead atoms. The molecule has 2 aliphatic heterocycles. The van der Waals surface area contributed by atoms with Crippen molar-refractivity contribution in [2.24, 2.45) is 0 Å². The average Bonchev–Trinajstić information content (AvgIpc) is 3.25. The van der Waals surface area contributed by atoms with Crippen molar-refractivity contribution >= 4 is 55.7 Å². The van der Waals surface area contributed by atoms with Crippen molar-refractivity contribution in [1.82, 2.24) is 14.5 Å². The Kier molecular flexibility index (Phi) is 6.28. The second kappa shape index (κ2) is 9.19. The van der Waals surface area contributed by atoms with Crippen LogP contribution in [-0.4, -0.2) is 56.3 Å². The minimum absolute atomic E-state index is 0.0841. The zero-order valence-electron chi connectivity index (χ0n) is 18.0. The van der Waals surface area contributed by atoms with Gasteiger partial charge in [-0.15, -0.1) is 11.3 Å². The number of nitrogens with one attached hydrogen (secondary N) is 1. The lowest BCUT2D eigenvalue weighted by atomic mass is 10.1. The molecule has 33 heavy (non-hydrogen) atoms. The van der Waals surface area contributed by atoms with E-state index in [-0.39, 0.29) is 23.9 Å². The summed E-state index contributed by atoms with van der Waals surface area (Å²) in [5, 5.41) is 5.69. The normalized spacial score (nSPS) is 17.5. The lowest BCUT2D eigenvalue weighted by molar-refractivity contribution is -0.127. The molecular formula is C24H24ClN3O3S2. The highest BCUT2D eigenvalue weighted by atomic mass is 35.5. The number of hydrogen-bond acceptors (Lipinski definition) is 5. The highest BCUT2D eigenvalue weighted by Crippen LogP contribution is 2.27. The molecule has 0 atom stereocenters. The Labute approximate surface area is 202 Å². The lowest BCUT2D eigenvalue weighted by Gasteiger charge is -2.33. The second-order valence-electron chi connectivity index (χ2n) is 8.24. The summed E-state index contributed by atoms with van der Waals surface area (Å²) in [6.45, 7) is 3.18. The SMILES string of the molecule is O=C(/C=C/c1cc2c(s1)CCNC2)N1CCN(S(=O)(=O)c2ccc3cc(Cl)ccc3c2)CC1. The molecule has 1 amide bonds. The maximum Gasteiger partial charge on any atom is 0.246 e. The van der Waals surface area contributed by atoms with Crippen molar-refractivity contribution in [3.8, 4) is 0 Å². The summed E-state index contributed by atoms with van der Waals surface area (Å²) in [4.78, 5) is 17.1. The number of fused-ring (bicyclic) bond motifs is 2. The molecule has 1 aromatic heterocycles. The molecular weight excluding hydrogens is 478 g/mol. The molecule has 172 valence electrons. The van der Waals surface area contributed by atoms with Gasteiger partial charge in [0.25, 0.3) is 0 Å². The fourth-order valence-electron chi connectivity index (χ4n) is 4.27.